The van der Waals surface area contributed by atoms with Gasteiger partial charge in [0, 0.05) is 19.3 Å². The maximum absolute atomic E-state index is 11.7. The number of imidazole rings is 1. The van der Waals surface area contributed by atoms with Gasteiger partial charge in [-0.15, -0.1) is 0 Å². The van der Waals surface area contributed by atoms with E-state index in [1.165, 1.54) is 0 Å². The van der Waals surface area contributed by atoms with Crippen molar-refractivity contribution in [2.75, 3.05) is 6.54 Å². The highest BCUT2D eigenvalue weighted by Gasteiger charge is 2.46. The molecule has 0 spiro atoms. The molecule has 5 nitrogen and oxygen atoms in total. The molecule has 5 heteroatoms. The van der Waals surface area contributed by atoms with Gasteiger partial charge in [0.05, 0.1) is 12.0 Å². The third kappa shape index (κ3) is 2.52. The molecule has 1 saturated heterocycles. The number of nitrogens with zero attached hydrogens (tertiary/aromatic N) is 3. The van der Waals surface area contributed by atoms with Crippen LogP contribution in [0.25, 0.3) is 0 Å². The Morgan fingerprint density at radius 2 is 2.32 bits per heavy atom. The first-order valence-electron chi connectivity index (χ1n) is 7.11. The number of hydrogen-bond acceptors (Lipinski definition) is 3. The first-order valence-corrected chi connectivity index (χ1v) is 7.11. The largest absolute Gasteiger partial charge is 0.480 e. The Morgan fingerprint density at radius 3 is 2.95 bits per heavy atom. The number of likely N-dealkylation sites (tertiary alicyclic amines) is 1. The van der Waals surface area contributed by atoms with Crippen molar-refractivity contribution in [1.82, 2.24) is 14.5 Å². The van der Waals surface area contributed by atoms with Gasteiger partial charge in [-0.05, 0) is 32.7 Å². The molecule has 1 N–H and O–H groups in total. The third-order valence-electron chi connectivity index (χ3n) is 4.18. The molecule has 0 aromatic carbocycles. The van der Waals surface area contributed by atoms with Crippen LogP contribution in [0.15, 0.2) is 12.5 Å². The Kier molecular flexibility index (Phi) is 4.24. The number of rotatable bonds is 6. The second-order valence-corrected chi connectivity index (χ2v) is 5.28. The Morgan fingerprint density at radius 1 is 1.53 bits per heavy atom. The van der Waals surface area contributed by atoms with Crippen molar-refractivity contribution < 1.29 is 9.90 Å². The van der Waals surface area contributed by atoms with Gasteiger partial charge in [0.15, 0.2) is 0 Å². The van der Waals surface area contributed by atoms with E-state index >= 15 is 0 Å². The van der Waals surface area contributed by atoms with E-state index in [0.717, 1.165) is 44.5 Å². The van der Waals surface area contributed by atoms with Crippen LogP contribution in [-0.2, 0) is 17.9 Å². The summed E-state index contributed by atoms with van der Waals surface area (Å²) in [6.45, 7) is 6.54. The van der Waals surface area contributed by atoms with E-state index in [0.29, 0.717) is 6.54 Å². The zero-order valence-corrected chi connectivity index (χ0v) is 11.8. The predicted molar refractivity (Wildman–Crippen MR) is 72.8 cm³/mol. The molecular weight excluding hydrogens is 242 g/mol. The van der Waals surface area contributed by atoms with Crippen molar-refractivity contribution >= 4 is 5.97 Å². The molecule has 1 aromatic rings. The van der Waals surface area contributed by atoms with Gasteiger partial charge in [0.2, 0.25) is 0 Å². The molecule has 2 heterocycles. The lowest BCUT2D eigenvalue weighted by Crippen LogP contribution is -2.50. The van der Waals surface area contributed by atoms with Crippen LogP contribution in [0.2, 0.25) is 0 Å². The van der Waals surface area contributed by atoms with E-state index in [-0.39, 0.29) is 0 Å². The summed E-state index contributed by atoms with van der Waals surface area (Å²) < 4.78 is 2.08. The normalized spacial score (nSPS) is 23.9. The number of aromatic nitrogens is 2. The monoisotopic (exact) mass is 265 g/mol. The lowest BCUT2D eigenvalue weighted by atomic mass is 9.90. The second-order valence-electron chi connectivity index (χ2n) is 5.28. The fraction of sp³-hybridized carbons (Fsp3) is 0.714. The summed E-state index contributed by atoms with van der Waals surface area (Å²) in [4.78, 5) is 18.0. The second kappa shape index (κ2) is 5.74. The topological polar surface area (TPSA) is 58.4 Å². The number of hydrogen-bond donors (Lipinski definition) is 1. The molecule has 106 valence electrons. The van der Waals surface area contributed by atoms with Crippen molar-refractivity contribution in [1.29, 1.82) is 0 Å². The van der Waals surface area contributed by atoms with Crippen LogP contribution in [0.1, 0.15) is 45.2 Å². The van der Waals surface area contributed by atoms with Gasteiger partial charge < -0.3 is 9.67 Å². The summed E-state index contributed by atoms with van der Waals surface area (Å²) in [6, 6.07) is 0. The SMILES string of the molecule is CCCC1(C(=O)O)CCCN1Cc1cncn1CC. The van der Waals surface area contributed by atoms with Gasteiger partial charge in [-0.2, -0.15) is 0 Å². The van der Waals surface area contributed by atoms with Crippen molar-refractivity contribution in [3.05, 3.63) is 18.2 Å². The molecule has 0 aliphatic carbocycles. The van der Waals surface area contributed by atoms with E-state index in [2.05, 4.69) is 28.3 Å². The van der Waals surface area contributed by atoms with Crippen molar-refractivity contribution in [2.45, 2.75) is 58.2 Å². The van der Waals surface area contributed by atoms with Gasteiger partial charge in [-0.3, -0.25) is 9.69 Å². The van der Waals surface area contributed by atoms with E-state index < -0.39 is 11.5 Å². The average molecular weight is 265 g/mol. The molecule has 1 aliphatic heterocycles. The minimum absolute atomic E-state index is 0.669. The van der Waals surface area contributed by atoms with E-state index in [9.17, 15) is 9.90 Å². The molecule has 1 aliphatic rings. The smallest absolute Gasteiger partial charge is 0.324 e. The predicted octanol–water partition coefficient (Wildman–Crippen LogP) is 2.12. The maximum Gasteiger partial charge on any atom is 0.324 e. The van der Waals surface area contributed by atoms with Crippen LogP contribution in [0.5, 0.6) is 0 Å². The molecule has 2 rings (SSSR count). The van der Waals surface area contributed by atoms with Gasteiger partial charge in [-0.1, -0.05) is 13.3 Å². The highest BCUT2D eigenvalue weighted by Crippen LogP contribution is 2.35. The Hall–Kier alpha value is -1.36. The van der Waals surface area contributed by atoms with E-state index in [1.807, 2.05) is 12.5 Å². The molecule has 1 unspecified atom stereocenters. The molecule has 1 fully saturated rings. The number of carboxylic acid groups (broad SMARTS) is 1. The standard InChI is InChI=1S/C14H23N3O2/c1-3-6-14(13(18)19)7-5-8-17(14)10-12-9-15-11-16(12)4-2/h9,11H,3-8,10H2,1-2H3,(H,18,19). The van der Waals surface area contributed by atoms with Crippen LogP contribution in [0, 0.1) is 0 Å². The maximum atomic E-state index is 11.7. The van der Waals surface area contributed by atoms with Gasteiger partial charge in [-0.25, -0.2) is 4.98 Å². The lowest BCUT2D eigenvalue weighted by molar-refractivity contribution is -0.150. The summed E-state index contributed by atoms with van der Waals surface area (Å²) in [5.41, 5.74) is 0.434. The van der Waals surface area contributed by atoms with Gasteiger partial charge in [0.25, 0.3) is 0 Å². The van der Waals surface area contributed by atoms with Crippen LogP contribution in [0.4, 0.5) is 0 Å². The first-order chi connectivity index (χ1) is 9.14. The number of carbonyl (C=O) groups is 1. The minimum atomic E-state index is -0.672. The Balaban J connectivity index is 2.20. The molecule has 19 heavy (non-hydrogen) atoms. The third-order valence-corrected chi connectivity index (χ3v) is 4.18. The van der Waals surface area contributed by atoms with Crippen molar-refractivity contribution in [3.8, 4) is 0 Å². The Bertz CT molecular complexity index is 444. The van der Waals surface area contributed by atoms with Gasteiger partial charge in [0.1, 0.15) is 5.54 Å². The van der Waals surface area contributed by atoms with Crippen LogP contribution in [-0.4, -0.2) is 37.6 Å². The summed E-state index contributed by atoms with van der Waals surface area (Å²) in [6.07, 6.45) is 7.01. The quantitative estimate of drug-likeness (QED) is 0.856. The van der Waals surface area contributed by atoms with E-state index in [1.54, 1.807) is 0 Å². The average Bonchev–Trinajstić information content (AvgIpc) is 2.98. The zero-order chi connectivity index (χ0) is 13.9. The number of aryl methyl sites for hydroxylation is 1. The molecule has 0 saturated carbocycles. The van der Waals surface area contributed by atoms with Crippen molar-refractivity contribution in [2.24, 2.45) is 0 Å². The van der Waals surface area contributed by atoms with Crippen molar-refractivity contribution in [3.63, 3.8) is 0 Å². The molecular formula is C14H23N3O2. The highest BCUT2D eigenvalue weighted by molar-refractivity contribution is 5.79. The summed E-state index contributed by atoms with van der Waals surface area (Å²) in [5.74, 6) is -0.672. The summed E-state index contributed by atoms with van der Waals surface area (Å²) >= 11 is 0. The van der Waals surface area contributed by atoms with Crippen LogP contribution in [0.3, 0.4) is 0 Å². The molecule has 0 amide bonds. The number of aliphatic carboxylic acids is 1. The van der Waals surface area contributed by atoms with Crippen LogP contribution >= 0.6 is 0 Å². The first kappa shape index (κ1) is 14.1. The van der Waals surface area contributed by atoms with Crippen LogP contribution < -0.4 is 0 Å². The highest BCUT2D eigenvalue weighted by atomic mass is 16.4. The fourth-order valence-electron chi connectivity index (χ4n) is 3.17. The fourth-order valence-corrected chi connectivity index (χ4v) is 3.17. The molecule has 1 atom stereocenters. The summed E-state index contributed by atoms with van der Waals surface area (Å²) in [5, 5.41) is 9.66. The molecule has 0 radical (unpaired) electrons. The van der Waals surface area contributed by atoms with E-state index in [4.69, 9.17) is 0 Å². The molecule has 0 bridgehead atoms. The molecule has 1 aromatic heterocycles. The van der Waals surface area contributed by atoms with Gasteiger partial charge >= 0.3 is 5.97 Å². The Labute approximate surface area is 114 Å². The summed E-state index contributed by atoms with van der Waals surface area (Å²) in [7, 11) is 0. The zero-order valence-electron chi connectivity index (χ0n) is 11.8. The number of carboxylic acids is 1. The lowest BCUT2D eigenvalue weighted by Gasteiger charge is -2.34. The minimum Gasteiger partial charge on any atom is -0.480 e.